The molecule has 0 saturated carbocycles. The first kappa shape index (κ1) is 12.5. The Labute approximate surface area is 102 Å². The first-order chi connectivity index (χ1) is 7.65. The van der Waals surface area contributed by atoms with E-state index in [0.29, 0.717) is 12.1 Å². The molecule has 0 aliphatic heterocycles. The summed E-state index contributed by atoms with van der Waals surface area (Å²) in [5.74, 6) is -0.172. The molecule has 6 heteroatoms. The van der Waals surface area contributed by atoms with E-state index >= 15 is 0 Å². The number of aryl methyl sites for hydroxylation is 1. The quantitative estimate of drug-likeness (QED) is 0.392. The summed E-state index contributed by atoms with van der Waals surface area (Å²) in [7, 11) is 0. The highest BCUT2D eigenvalue weighted by Crippen LogP contribution is 2.17. The summed E-state index contributed by atoms with van der Waals surface area (Å²) in [6, 6.07) is 5.38. The number of amides is 1. The lowest BCUT2D eigenvalue weighted by atomic mass is 10.1. The average molecular weight is 283 g/mol. The summed E-state index contributed by atoms with van der Waals surface area (Å²) in [6.45, 7) is 2.55. The third-order valence-corrected chi connectivity index (χ3v) is 2.85. The van der Waals surface area contributed by atoms with Crippen LogP contribution >= 0.6 is 15.9 Å². The molecular formula is C10H11BrN4O. The molecule has 0 fully saturated rings. The predicted molar refractivity (Wildman–Crippen MR) is 65.2 cm³/mol. The van der Waals surface area contributed by atoms with Crippen LogP contribution in [0, 0.1) is 6.92 Å². The Morgan fingerprint density at radius 1 is 1.62 bits per heavy atom. The summed E-state index contributed by atoms with van der Waals surface area (Å²) in [5.41, 5.74) is 9.71. The molecule has 5 nitrogen and oxygen atoms in total. The second-order valence-electron chi connectivity index (χ2n) is 3.17. The van der Waals surface area contributed by atoms with Crippen LogP contribution in [0.5, 0.6) is 0 Å². The Balaban J connectivity index is 2.59. The van der Waals surface area contributed by atoms with E-state index < -0.39 is 0 Å². The van der Waals surface area contributed by atoms with Crippen LogP contribution in [0.25, 0.3) is 10.4 Å². The van der Waals surface area contributed by atoms with Gasteiger partial charge in [0.2, 0.25) is 0 Å². The summed E-state index contributed by atoms with van der Waals surface area (Å²) in [4.78, 5) is 14.2. The predicted octanol–water partition coefficient (Wildman–Crippen LogP) is 2.80. The van der Waals surface area contributed by atoms with Gasteiger partial charge in [-0.05, 0) is 30.2 Å². The van der Waals surface area contributed by atoms with Crippen LogP contribution in [0.2, 0.25) is 0 Å². The fourth-order valence-electron chi connectivity index (χ4n) is 1.10. The summed E-state index contributed by atoms with van der Waals surface area (Å²) in [6.07, 6.45) is 0. The smallest absolute Gasteiger partial charge is 0.251 e. The van der Waals surface area contributed by atoms with E-state index in [2.05, 4.69) is 31.3 Å². The van der Waals surface area contributed by atoms with Gasteiger partial charge >= 0.3 is 0 Å². The van der Waals surface area contributed by atoms with Crippen molar-refractivity contribution in [3.8, 4) is 0 Å². The molecule has 0 bridgehead atoms. The highest BCUT2D eigenvalue weighted by Gasteiger charge is 2.05. The van der Waals surface area contributed by atoms with Gasteiger partial charge in [0, 0.05) is 28.0 Å². The molecule has 0 heterocycles. The summed E-state index contributed by atoms with van der Waals surface area (Å²) in [5, 5.41) is 5.98. The zero-order chi connectivity index (χ0) is 12.0. The molecule has 0 unspecified atom stereocenters. The monoisotopic (exact) mass is 282 g/mol. The van der Waals surface area contributed by atoms with Crippen molar-refractivity contribution >= 4 is 21.8 Å². The largest absolute Gasteiger partial charge is 0.352 e. The van der Waals surface area contributed by atoms with Crippen molar-refractivity contribution in [3.63, 3.8) is 0 Å². The number of hydrogen-bond acceptors (Lipinski definition) is 2. The molecule has 0 spiro atoms. The molecule has 0 radical (unpaired) electrons. The van der Waals surface area contributed by atoms with Crippen LogP contribution in [0.4, 0.5) is 0 Å². The molecule has 1 rings (SSSR count). The fourth-order valence-corrected chi connectivity index (χ4v) is 1.48. The second-order valence-corrected chi connectivity index (χ2v) is 4.03. The van der Waals surface area contributed by atoms with Gasteiger partial charge in [-0.2, -0.15) is 0 Å². The standard InChI is InChI=1S/C10H11BrN4O/c1-7-2-3-8(6-9(7)11)10(16)13-4-5-14-15-12/h2-3,6H,4-5H2,1H3,(H,13,16). The summed E-state index contributed by atoms with van der Waals surface area (Å²) >= 11 is 3.36. The molecule has 1 aromatic rings. The molecule has 0 saturated heterocycles. The Bertz CT molecular complexity index is 440. The van der Waals surface area contributed by atoms with Gasteiger partial charge in [0.15, 0.2) is 0 Å². The Hall–Kier alpha value is -1.52. The lowest BCUT2D eigenvalue weighted by Gasteiger charge is -2.04. The van der Waals surface area contributed by atoms with E-state index in [0.717, 1.165) is 10.0 Å². The number of rotatable bonds is 4. The van der Waals surface area contributed by atoms with Gasteiger partial charge in [-0.1, -0.05) is 27.1 Å². The number of nitrogens with zero attached hydrogens (tertiary/aromatic N) is 3. The lowest BCUT2D eigenvalue weighted by Crippen LogP contribution is -2.25. The fraction of sp³-hybridized carbons (Fsp3) is 0.300. The van der Waals surface area contributed by atoms with Gasteiger partial charge in [0.1, 0.15) is 0 Å². The molecule has 1 aromatic carbocycles. The van der Waals surface area contributed by atoms with Gasteiger partial charge in [-0.25, -0.2) is 0 Å². The lowest BCUT2D eigenvalue weighted by molar-refractivity contribution is 0.0954. The van der Waals surface area contributed by atoms with E-state index in [-0.39, 0.29) is 12.5 Å². The van der Waals surface area contributed by atoms with Crippen molar-refractivity contribution < 1.29 is 4.79 Å². The SMILES string of the molecule is Cc1ccc(C(=O)NCCN=[N+]=[N-])cc1Br. The third-order valence-electron chi connectivity index (χ3n) is 1.99. The maximum Gasteiger partial charge on any atom is 0.251 e. The molecule has 0 aliphatic carbocycles. The number of carbonyl (C=O) groups is 1. The van der Waals surface area contributed by atoms with Crippen molar-refractivity contribution in [2.75, 3.05) is 13.1 Å². The van der Waals surface area contributed by atoms with Crippen LogP contribution in [-0.4, -0.2) is 19.0 Å². The maximum absolute atomic E-state index is 11.6. The first-order valence-electron chi connectivity index (χ1n) is 4.70. The van der Waals surface area contributed by atoms with Crippen molar-refractivity contribution in [2.24, 2.45) is 5.11 Å². The van der Waals surface area contributed by atoms with Gasteiger partial charge in [-0.15, -0.1) is 0 Å². The number of azide groups is 1. The van der Waals surface area contributed by atoms with E-state index in [9.17, 15) is 4.79 Å². The number of carbonyl (C=O) groups excluding carboxylic acids is 1. The van der Waals surface area contributed by atoms with Gasteiger partial charge in [0.25, 0.3) is 5.91 Å². The topological polar surface area (TPSA) is 77.9 Å². The highest BCUT2D eigenvalue weighted by molar-refractivity contribution is 9.10. The van der Waals surface area contributed by atoms with E-state index in [1.807, 2.05) is 13.0 Å². The minimum Gasteiger partial charge on any atom is -0.352 e. The first-order valence-corrected chi connectivity index (χ1v) is 5.49. The van der Waals surface area contributed by atoms with Gasteiger partial charge in [-0.3, -0.25) is 4.79 Å². The number of benzene rings is 1. The number of hydrogen-bond donors (Lipinski definition) is 1. The molecule has 0 aromatic heterocycles. The van der Waals surface area contributed by atoms with Crippen LogP contribution < -0.4 is 5.32 Å². The zero-order valence-corrected chi connectivity index (χ0v) is 10.4. The molecule has 1 N–H and O–H groups in total. The van der Waals surface area contributed by atoms with Crippen molar-refractivity contribution in [1.82, 2.24) is 5.32 Å². The van der Waals surface area contributed by atoms with Crippen molar-refractivity contribution in [1.29, 1.82) is 0 Å². The minimum atomic E-state index is -0.172. The van der Waals surface area contributed by atoms with E-state index in [1.165, 1.54) is 0 Å². The second kappa shape index (κ2) is 6.15. The molecule has 84 valence electrons. The number of halogens is 1. The zero-order valence-electron chi connectivity index (χ0n) is 8.77. The van der Waals surface area contributed by atoms with Crippen LogP contribution in [0.15, 0.2) is 27.8 Å². The number of nitrogens with one attached hydrogen (secondary N) is 1. The molecular weight excluding hydrogens is 272 g/mol. The maximum atomic E-state index is 11.6. The van der Waals surface area contributed by atoms with Crippen molar-refractivity contribution in [2.45, 2.75) is 6.92 Å². The Kier molecular flexibility index (Phi) is 4.82. The normalized spacial score (nSPS) is 9.38. The molecule has 0 aliphatic rings. The van der Waals surface area contributed by atoms with E-state index in [4.69, 9.17) is 5.53 Å². The van der Waals surface area contributed by atoms with Gasteiger partial charge < -0.3 is 5.32 Å². The van der Waals surface area contributed by atoms with Crippen LogP contribution in [0.3, 0.4) is 0 Å². The van der Waals surface area contributed by atoms with E-state index in [1.54, 1.807) is 12.1 Å². The third kappa shape index (κ3) is 3.56. The molecule has 16 heavy (non-hydrogen) atoms. The summed E-state index contributed by atoms with van der Waals surface area (Å²) < 4.78 is 0.898. The highest BCUT2D eigenvalue weighted by atomic mass is 79.9. The Morgan fingerprint density at radius 3 is 3.00 bits per heavy atom. The van der Waals surface area contributed by atoms with Gasteiger partial charge in [0.05, 0.1) is 0 Å². The average Bonchev–Trinajstić information content (AvgIpc) is 2.28. The molecule has 0 atom stereocenters. The Morgan fingerprint density at radius 2 is 2.38 bits per heavy atom. The molecule has 1 amide bonds. The van der Waals surface area contributed by atoms with Crippen LogP contribution in [0.1, 0.15) is 15.9 Å². The minimum absolute atomic E-state index is 0.172. The van der Waals surface area contributed by atoms with Crippen LogP contribution in [-0.2, 0) is 0 Å². The van der Waals surface area contributed by atoms with Crippen molar-refractivity contribution in [3.05, 3.63) is 44.2 Å².